The minimum atomic E-state index is -0.275. The molecule has 3 nitrogen and oxygen atoms in total. The lowest BCUT2D eigenvalue weighted by Crippen LogP contribution is -2.52. The molecular formula is C13H23N3. The third kappa shape index (κ3) is 2.23. The second-order valence-electron chi connectivity index (χ2n) is 5.41. The summed E-state index contributed by atoms with van der Waals surface area (Å²) < 4.78 is 0. The first-order valence-corrected chi connectivity index (χ1v) is 6.56. The zero-order valence-corrected chi connectivity index (χ0v) is 10.5. The van der Waals surface area contributed by atoms with Crippen molar-refractivity contribution in [3.63, 3.8) is 0 Å². The van der Waals surface area contributed by atoms with Crippen LogP contribution >= 0.6 is 0 Å². The summed E-state index contributed by atoms with van der Waals surface area (Å²) in [4.78, 5) is 2.48. The SMILES string of the molecule is CCC1CCN(CC(C#N)(NC)C2CC2)C1. The van der Waals surface area contributed by atoms with Crippen molar-refractivity contribution < 1.29 is 0 Å². The Labute approximate surface area is 98.8 Å². The number of nitrogens with zero attached hydrogens (tertiary/aromatic N) is 2. The van der Waals surface area contributed by atoms with Crippen molar-refractivity contribution >= 4 is 0 Å². The fraction of sp³-hybridized carbons (Fsp3) is 0.923. The van der Waals surface area contributed by atoms with Crippen LogP contribution in [-0.2, 0) is 0 Å². The maximum absolute atomic E-state index is 9.43. The Morgan fingerprint density at radius 3 is 2.62 bits per heavy atom. The highest BCUT2D eigenvalue weighted by Gasteiger charge is 2.46. The monoisotopic (exact) mass is 221 g/mol. The lowest BCUT2D eigenvalue weighted by molar-refractivity contribution is 0.230. The van der Waals surface area contributed by atoms with Crippen molar-refractivity contribution in [3.8, 4) is 6.07 Å². The van der Waals surface area contributed by atoms with Gasteiger partial charge in [-0.05, 0) is 44.7 Å². The molecule has 2 unspecified atom stereocenters. The van der Waals surface area contributed by atoms with E-state index in [2.05, 4.69) is 23.2 Å². The van der Waals surface area contributed by atoms with Gasteiger partial charge in [0.1, 0.15) is 5.54 Å². The number of hydrogen-bond donors (Lipinski definition) is 1. The lowest BCUT2D eigenvalue weighted by Gasteiger charge is -2.31. The number of rotatable bonds is 5. The van der Waals surface area contributed by atoms with Gasteiger partial charge in [0.05, 0.1) is 6.07 Å². The van der Waals surface area contributed by atoms with Crippen LogP contribution in [0.15, 0.2) is 0 Å². The number of hydrogen-bond acceptors (Lipinski definition) is 3. The molecule has 16 heavy (non-hydrogen) atoms. The van der Waals surface area contributed by atoms with Crippen LogP contribution in [0.25, 0.3) is 0 Å². The molecule has 1 saturated heterocycles. The predicted molar refractivity (Wildman–Crippen MR) is 65.0 cm³/mol. The highest BCUT2D eigenvalue weighted by Crippen LogP contribution is 2.40. The molecule has 1 aliphatic carbocycles. The van der Waals surface area contributed by atoms with Crippen molar-refractivity contribution in [2.45, 2.75) is 38.1 Å². The zero-order valence-electron chi connectivity index (χ0n) is 10.5. The summed E-state index contributed by atoms with van der Waals surface area (Å²) in [6.07, 6.45) is 5.03. The first kappa shape index (κ1) is 11.9. The van der Waals surface area contributed by atoms with Crippen LogP contribution in [0, 0.1) is 23.2 Å². The van der Waals surface area contributed by atoms with Gasteiger partial charge in [0.15, 0.2) is 0 Å². The molecule has 1 heterocycles. The van der Waals surface area contributed by atoms with Gasteiger partial charge in [0.2, 0.25) is 0 Å². The number of nitriles is 1. The minimum Gasteiger partial charge on any atom is -0.301 e. The molecule has 0 aromatic heterocycles. The molecule has 1 N–H and O–H groups in total. The molecule has 2 fully saturated rings. The largest absolute Gasteiger partial charge is 0.301 e. The summed E-state index contributed by atoms with van der Waals surface area (Å²) in [7, 11) is 1.94. The molecule has 2 atom stereocenters. The number of likely N-dealkylation sites (tertiary alicyclic amines) is 1. The fourth-order valence-electron chi connectivity index (χ4n) is 2.91. The second kappa shape index (κ2) is 4.73. The standard InChI is InChI=1S/C13H23N3/c1-3-11-6-7-16(8-11)10-13(9-14,15-2)12-4-5-12/h11-12,15H,3-8,10H2,1-2H3. The summed E-state index contributed by atoms with van der Waals surface area (Å²) in [5, 5.41) is 12.7. The molecule has 1 aliphatic heterocycles. The van der Waals surface area contributed by atoms with E-state index in [4.69, 9.17) is 0 Å². The average molecular weight is 221 g/mol. The molecule has 90 valence electrons. The Morgan fingerprint density at radius 2 is 2.19 bits per heavy atom. The van der Waals surface area contributed by atoms with E-state index in [9.17, 15) is 5.26 Å². The smallest absolute Gasteiger partial charge is 0.122 e. The lowest BCUT2D eigenvalue weighted by atomic mass is 9.94. The molecule has 0 amide bonds. The Bertz CT molecular complexity index is 279. The molecule has 0 aromatic rings. The summed E-state index contributed by atoms with van der Waals surface area (Å²) in [5.41, 5.74) is -0.275. The molecule has 2 aliphatic rings. The van der Waals surface area contributed by atoms with Crippen molar-refractivity contribution in [2.24, 2.45) is 11.8 Å². The summed E-state index contributed by atoms with van der Waals surface area (Å²) >= 11 is 0. The number of likely N-dealkylation sites (N-methyl/N-ethyl adjacent to an activating group) is 1. The van der Waals surface area contributed by atoms with E-state index in [0.717, 1.165) is 12.5 Å². The summed E-state index contributed by atoms with van der Waals surface area (Å²) in [6, 6.07) is 2.53. The third-order valence-corrected chi connectivity index (χ3v) is 4.34. The van der Waals surface area contributed by atoms with Crippen LogP contribution in [0.5, 0.6) is 0 Å². The van der Waals surface area contributed by atoms with Gasteiger partial charge in [-0.15, -0.1) is 0 Å². The van der Waals surface area contributed by atoms with E-state index < -0.39 is 0 Å². The molecule has 0 radical (unpaired) electrons. The average Bonchev–Trinajstić information content (AvgIpc) is 3.07. The van der Waals surface area contributed by atoms with Gasteiger partial charge in [-0.2, -0.15) is 5.26 Å². The molecule has 1 saturated carbocycles. The molecule has 0 bridgehead atoms. The van der Waals surface area contributed by atoms with E-state index in [1.165, 1.54) is 38.8 Å². The van der Waals surface area contributed by atoms with Gasteiger partial charge in [0, 0.05) is 13.1 Å². The molecule has 0 spiro atoms. The van der Waals surface area contributed by atoms with Crippen LogP contribution in [0.4, 0.5) is 0 Å². The van der Waals surface area contributed by atoms with Gasteiger partial charge >= 0.3 is 0 Å². The van der Waals surface area contributed by atoms with Gasteiger partial charge in [-0.25, -0.2) is 0 Å². The van der Waals surface area contributed by atoms with E-state index in [0.29, 0.717) is 5.92 Å². The van der Waals surface area contributed by atoms with E-state index >= 15 is 0 Å². The molecule has 0 aromatic carbocycles. The Kier molecular flexibility index (Phi) is 3.51. The highest BCUT2D eigenvalue weighted by atomic mass is 15.2. The minimum absolute atomic E-state index is 0.275. The van der Waals surface area contributed by atoms with E-state index in [1.54, 1.807) is 0 Å². The van der Waals surface area contributed by atoms with Crippen molar-refractivity contribution in [2.75, 3.05) is 26.7 Å². The summed E-state index contributed by atoms with van der Waals surface area (Å²) in [6.45, 7) is 5.55. The predicted octanol–water partition coefficient (Wildman–Crippen LogP) is 1.61. The Hall–Kier alpha value is -0.590. The number of nitrogens with one attached hydrogen (secondary N) is 1. The van der Waals surface area contributed by atoms with Gasteiger partial charge in [0.25, 0.3) is 0 Å². The van der Waals surface area contributed by atoms with Crippen molar-refractivity contribution in [3.05, 3.63) is 0 Å². The van der Waals surface area contributed by atoms with Crippen molar-refractivity contribution in [1.29, 1.82) is 5.26 Å². The Morgan fingerprint density at radius 1 is 1.44 bits per heavy atom. The van der Waals surface area contributed by atoms with E-state index in [1.807, 2.05) is 7.05 Å². The fourth-order valence-corrected chi connectivity index (χ4v) is 2.91. The van der Waals surface area contributed by atoms with Crippen LogP contribution in [0.1, 0.15) is 32.6 Å². The third-order valence-electron chi connectivity index (χ3n) is 4.34. The zero-order chi connectivity index (χ0) is 11.6. The van der Waals surface area contributed by atoms with Crippen LogP contribution in [0.3, 0.4) is 0 Å². The van der Waals surface area contributed by atoms with Crippen LogP contribution < -0.4 is 5.32 Å². The molecule has 3 heteroatoms. The highest BCUT2D eigenvalue weighted by molar-refractivity contribution is 5.16. The second-order valence-corrected chi connectivity index (χ2v) is 5.41. The topological polar surface area (TPSA) is 39.1 Å². The normalized spacial score (nSPS) is 29.9. The molecule has 2 rings (SSSR count). The van der Waals surface area contributed by atoms with Gasteiger partial charge in [-0.3, -0.25) is 0 Å². The first-order valence-electron chi connectivity index (χ1n) is 6.56. The van der Waals surface area contributed by atoms with Crippen molar-refractivity contribution in [1.82, 2.24) is 10.2 Å². The first-order chi connectivity index (χ1) is 7.74. The maximum Gasteiger partial charge on any atom is 0.122 e. The Balaban J connectivity index is 1.94. The van der Waals surface area contributed by atoms with Crippen LogP contribution in [0.2, 0.25) is 0 Å². The quantitative estimate of drug-likeness (QED) is 0.766. The summed E-state index contributed by atoms with van der Waals surface area (Å²) in [5.74, 6) is 1.44. The maximum atomic E-state index is 9.43. The molecular weight excluding hydrogens is 198 g/mol. The van der Waals surface area contributed by atoms with Crippen LogP contribution in [-0.4, -0.2) is 37.1 Å². The van der Waals surface area contributed by atoms with Gasteiger partial charge in [-0.1, -0.05) is 13.3 Å². The van der Waals surface area contributed by atoms with Gasteiger partial charge < -0.3 is 10.2 Å². The van der Waals surface area contributed by atoms with E-state index in [-0.39, 0.29) is 5.54 Å².